The number of anilines is 1. The third kappa shape index (κ3) is 6.33. The number of benzene rings is 3. The summed E-state index contributed by atoms with van der Waals surface area (Å²) in [5.74, 6) is -1.21. The van der Waals surface area contributed by atoms with E-state index in [2.05, 4.69) is 10.5 Å². The fourth-order valence-corrected chi connectivity index (χ4v) is 5.97. The van der Waals surface area contributed by atoms with Gasteiger partial charge in [0.25, 0.3) is 15.9 Å². The van der Waals surface area contributed by atoms with Crippen LogP contribution >= 0.6 is 23.2 Å². The Bertz CT molecular complexity index is 1650. The summed E-state index contributed by atoms with van der Waals surface area (Å²) in [6.07, 6.45) is 1.47. The fraction of sp³-hybridized carbons (Fsp3) is 0.143. The molecule has 4 rings (SSSR count). The summed E-state index contributed by atoms with van der Waals surface area (Å²) in [5, 5.41) is 5.05. The molecular formula is C28H25Cl2FN4O3S. The number of rotatable bonds is 8. The monoisotopic (exact) mass is 586 g/mol. The molecule has 202 valence electrons. The van der Waals surface area contributed by atoms with Crippen molar-refractivity contribution in [3.63, 3.8) is 0 Å². The SMILES string of the molecule is Cc1ccc(S(=O)(=O)N(CC(=O)N/N=C\c2cc(C)n(-c3ccc(Cl)cc3Cl)c2C)c2ccc(F)cc2)cc1. The van der Waals surface area contributed by atoms with Crippen LogP contribution < -0.4 is 9.73 Å². The number of carbonyl (C=O) groups excluding carboxylic acids is 1. The second kappa shape index (κ2) is 11.6. The van der Waals surface area contributed by atoms with Crippen LogP contribution in [0, 0.1) is 26.6 Å². The van der Waals surface area contributed by atoms with Crippen molar-refractivity contribution >= 4 is 51.0 Å². The highest BCUT2D eigenvalue weighted by molar-refractivity contribution is 7.92. The summed E-state index contributed by atoms with van der Waals surface area (Å²) in [5.41, 5.74) is 6.59. The largest absolute Gasteiger partial charge is 0.316 e. The molecule has 0 bridgehead atoms. The van der Waals surface area contributed by atoms with Crippen molar-refractivity contribution in [2.45, 2.75) is 25.7 Å². The van der Waals surface area contributed by atoms with E-state index in [9.17, 15) is 17.6 Å². The summed E-state index contributed by atoms with van der Waals surface area (Å²) in [7, 11) is -4.13. The van der Waals surface area contributed by atoms with Gasteiger partial charge < -0.3 is 4.57 Å². The summed E-state index contributed by atoms with van der Waals surface area (Å²) < 4.78 is 43.2. The maximum absolute atomic E-state index is 13.5. The first-order chi connectivity index (χ1) is 18.5. The molecule has 0 atom stereocenters. The standard InChI is InChI=1S/C28H25Cl2FN4O3S/c1-18-4-11-25(12-5-18)39(37,38)34(24-9-7-23(31)8-10-24)17-28(36)33-32-16-21-14-19(2)35(20(21)3)27-13-6-22(29)15-26(27)30/h4-16H,17H2,1-3H3,(H,33,36)/b32-16-. The lowest BCUT2D eigenvalue weighted by Gasteiger charge is -2.23. The average molecular weight is 588 g/mol. The molecular weight excluding hydrogens is 562 g/mol. The molecule has 4 aromatic rings. The van der Waals surface area contributed by atoms with Crippen molar-refractivity contribution in [1.82, 2.24) is 9.99 Å². The summed E-state index contributed by atoms with van der Waals surface area (Å²) in [6.45, 7) is 5.05. The molecule has 39 heavy (non-hydrogen) atoms. The Balaban J connectivity index is 1.56. The summed E-state index contributed by atoms with van der Waals surface area (Å²) >= 11 is 12.4. The molecule has 0 saturated carbocycles. The van der Waals surface area contributed by atoms with E-state index in [-0.39, 0.29) is 10.6 Å². The Morgan fingerprint density at radius 3 is 2.31 bits per heavy atom. The number of sulfonamides is 1. The van der Waals surface area contributed by atoms with E-state index in [0.29, 0.717) is 10.0 Å². The summed E-state index contributed by atoms with van der Waals surface area (Å²) in [4.78, 5) is 12.8. The predicted octanol–water partition coefficient (Wildman–Crippen LogP) is 6.19. The number of hydrazone groups is 1. The molecule has 3 aromatic carbocycles. The van der Waals surface area contributed by atoms with E-state index >= 15 is 0 Å². The van der Waals surface area contributed by atoms with E-state index in [1.54, 1.807) is 24.3 Å². The van der Waals surface area contributed by atoms with Crippen LogP contribution in [0.5, 0.6) is 0 Å². The molecule has 0 aliphatic rings. The molecule has 1 amide bonds. The zero-order chi connectivity index (χ0) is 28.3. The Hall–Kier alpha value is -3.66. The van der Waals surface area contributed by atoms with Crippen molar-refractivity contribution in [3.05, 3.63) is 111 Å². The lowest BCUT2D eigenvalue weighted by atomic mass is 10.2. The number of hydrogen-bond donors (Lipinski definition) is 1. The lowest BCUT2D eigenvalue weighted by molar-refractivity contribution is -0.119. The van der Waals surface area contributed by atoms with E-state index < -0.39 is 28.3 Å². The molecule has 0 aliphatic carbocycles. The van der Waals surface area contributed by atoms with Gasteiger partial charge in [0.1, 0.15) is 12.4 Å². The lowest BCUT2D eigenvalue weighted by Crippen LogP contribution is -2.39. The highest BCUT2D eigenvalue weighted by Crippen LogP contribution is 2.28. The van der Waals surface area contributed by atoms with Crippen LogP contribution in [0.3, 0.4) is 0 Å². The molecule has 1 heterocycles. The molecule has 1 N–H and O–H groups in total. The van der Waals surface area contributed by atoms with Gasteiger partial charge in [-0.2, -0.15) is 5.10 Å². The fourth-order valence-electron chi connectivity index (χ4n) is 4.05. The molecule has 0 saturated heterocycles. The van der Waals surface area contributed by atoms with Crippen LogP contribution in [0.1, 0.15) is 22.5 Å². The molecule has 7 nitrogen and oxygen atoms in total. The third-order valence-corrected chi connectivity index (χ3v) is 8.35. The minimum Gasteiger partial charge on any atom is -0.316 e. The minimum atomic E-state index is -4.13. The molecule has 0 spiro atoms. The third-order valence-electron chi connectivity index (χ3n) is 6.02. The van der Waals surface area contributed by atoms with Gasteiger partial charge >= 0.3 is 0 Å². The average Bonchev–Trinajstić information content (AvgIpc) is 3.16. The van der Waals surface area contributed by atoms with Crippen LogP contribution in [0.2, 0.25) is 10.0 Å². The highest BCUT2D eigenvalue weighted by Gasteiger charge is 2.27. The highest BCUT2D eigenvalue weighted by atomic mass is 35.5. The Morgan fingerprint density at radius 2 is 1.67 bits per heavy atom. The van der Waals surface area contributed by atoms with Crippen LogP contribution in [-0.2, 0) is 14.8 Å². The summed E-state index contributed by atoms with van der Waals surface area (Å²) in [6, 6.07) is 18.2. The zero-order valence-electron chi connectivity index (χ0n) is 21.3. The molecule has 0 unspecified atom stereocenters. The number of nitrogens with zero attached hydrogens (tertiary/aromatic N) is 3. The van der Waals surface area contributed by atoms with Crippen LogP contribution in [0.25, 0.3) is 5.69 Å². The van der Waals surface area contributed by atoms with Crippen LogP contribution in [0.4, 0.5) is 10.1 Å². The van der Waals surface area contributed by atoms with Gasteiger partial charge in [0, 0.05) is 22.0 Å². The maximum Gasteiger partial charge on any atom is 0.264 e. The Morgan fingerprint density at radius 1 is 1.00 bits per heavy atom. The van der Waals surface area contributed by atoms with Gasteiger partial charge in [-0.05, 0) is 81.4 Å². The van der Waals surface area contributed by atoms with E-state index in [4.69, 9.17) is 23.2 Å². The molecule has 11 heteroatoms. The van der Waals surface area contributed by atoms with Crippen LogP contribution in [0.15, 0.2) is 82.8 Å². The molecule has 0 fully saturated rings. The topological polar surface area (TPSA) is 83.8 Å². The zero-order valence-corrected chi connectivity index (χ0v) is 23.6. The number of amides is 1. The number of aryl methyl sites for hydroxylation is 2. The smallest absolute Gasteiger partial charge is 0.264 e. The first-order valence-electron chi connectivity index (χ1n) is 11.8. The van der Waals surface area contributed by atoms with Gasteiger partial charge in [-0.1, -0.05) is 40.9 Å². The van der Waals surface area contributed by atoms with Crippen molar-refractivity contribution in [3.8, 4) is 5.69 Å². The Kier molecular flexibility index (Phi) is 8.44. The van der Waals surface area contributed by atoms with Crippen molar-refractivity contribution in [2.75, 3.05) is 10.8 Å². The van der Waals surface area contributed by atoms with Crippen molar-refractivity contribution in [2.24, 2.45) is 5.10 Å². The van der Waals surface area contributed by atoms with Gasteiger partial charge in [0.05, 0.1) is 27.5 Å². The number of carbonyl (C=O) groups is 1. The molecule has 1 aromatic heterocycles. The molecule has 0 aliphatic heterocycles. The second-order valence-electron chi connectivity index (χ2n) is 8.85. The first-order valence-corrected chi connectivity index (χ1v) is 14.0. The first kappa shape index (κ1) is 28.4. The van der Waals surface area contributed by atoms with E-state index in [1.807, 2.05) is 37.5 Å². The van der Waals surface area contributed by atoms with Gasteiger partial charge in [0.2, 0.25) is 0 Å². The van der Waals surface area contributed by atoms with E-state index in [1.165, 1.54) is 30.5 Å². The van der Waals surface area contributed by atoms with Gasteiger partial charge in [-0.25, -0.2) is 18.2 Å². The van der Waals surface area contributed by atoms with E-state index in [0.717, 1.165) is 44.6 Å². The maximum atomic E-state index is 13.5. The normalized spacial score (nSPS) is 11.6. The minimum absolute atomic E-state index is 0.00188. The number of nitrogens with one attached hydrogen (secondary N) is 1. The number of aromatic nitrogens is 1. The van der Waals surface area contributed by atoms with Crippen LogP contribution in [-0.4, -0.2) is 31.7 Å². The molecule has 0 radical (unpaired) electrons. The number of halogens is 3. The number of hydrogen-bond acceptors (Lipinski definition) is 4. The van der Waals surface area contributed by atoms with Crippen molar-refractivity contribution in [1.29, 1.82) is 0 Å². The van der Waals surface area contributed by atoms with Gasteiger partial charge in [-0.3, -0.25) is 9.10 Å². The van der Waals surface area contributed by atoms with Crippen molar-refractivity contribution < 1.29 is 17.6 Å². The quantitative estimate of drug-likeness (QED) is 0.197. The Labute approximate surface area is 236 Å². The van der Waals surface area contributed by atoms with Gasteiger partial charge in [-0.15, -0.1) is 0 Å². The van der Waals surface area contributed by atoms with Gasteiger partial charge in [0.15, 0.2) is 0 Å². The predicted molar refractivity (Wildman–Crippen MR) is 153 cm³/mol. The second-order valence-corrected chi connectivity index (χ2v) is 11.6.